The lowest BCUT2D eigenvalue weighted by atomic mass is 10.1. The SMILES string of the molecule is CCOc1cc(/C=C2/SC(=O)N(CC(=O)Nc3ccccc3Cl)C2=O)cc(Cl)c1OC. The fourth-order valence-electron chi connectivity index (χ4n) is 2.82. The molecule has 0 atom stereocenters. The Balaban J connectivity index is 1.77. The molecule has 10 heteroatoms. The Labute approximate surface area is 193 Å². The number of hydrogen-bond acceptors (Lipinski definition) is 6. The molecular weight excluding hydrogens is 463 g/mol. The molecule has 1 fully saturated rings. The van der Waals surface area contributed by atoms with E-state index in [0.29, 0.717) is 39.4 Å². The third-order valence-electron chi connectivity index (χ3n) is 4.16. The average Bonchev–Trinajstić information content (AvgIpc) is 2.97. The van der Waals surface area contributed by atoms with Crippen molar-refractivity contribution in [3.63, 3.8) is 0 Å². The van der Waals surface area contributed by atoms with Gasteiger partial charge in [-0.05, 0) is 54.6 Å². The lowest BCUT2D eigenvalue weighted by Crippen LogP contribution is -2.36. The molecule has 31 heavy (non-hydrogen) atoms. The van der Waals surface area contributed by atoms with Crippen LogP contribution in [0.15, 0.2) is 41.3 Å². The monoisotopic (exact) mass is 480 g/mol. The highest BCUT2D eigenvalue weighted by molar-refractivity contribution is 8.18. The maximum atomic E-state index is 12.7. The average molecular weight is 481 g/mol. The Hall–Kier alpha value is -2.68. The molecule has 0 radical (unpaired) electrons. The molecule has 162 valence electrons. The number of carbonyl (C=O) groups is 3. The highest BCUT2D eigenvalue weighted by Gasteiger charge is 2.36. The van der Waals surface area contributed by atoms with Crippen molar-refractivity contribution in [2.75, 3.05) is 25.6 Å². The van der Waals surface area contributed by atoms with Gasteiger partial charge < -0.3 is 14.8 Å². The predicted molar refractivity (Wildman–Crippen MR) is 122 cm³/mol. The normalized spacial score (nSPS) is 14.8. The van der Waals surface area contributed by atoms with E-state index in [4.69, 9.17) is 32.7 Å². The van der Waals surface area contributed by atoms with Crippen molar-refractivity contribution in [1.29, 1.82) is 0 Å². The topological polar surface area (TPSA) is 84.9 Å². The largest absolute Gasteiger partial charge is 0.491 e. The third-order valence-corrected chi connectivity index (χ3v) is 5.67. The summed E-state index contributed by atoms with van der Waals surface area (Å²) in [5, 5.41) is 2.70. The molecule has 0 aromatic heterocycles. The number of halogens is 2. The number of thioether (sulfide) groups is 1. The van der Waals surface area contributed by atoms with E-state index in [1.165, 1.54) is 13.2 Å². The number of para-hydroxylation sites is 1. The van der Waals surface area contributed by atoms with E-state index in [9.17, 15) is 14.4 Å². The van der Waals surface area contributed by atoms with Crippen LogP contribution in [0.3, 0.4) is 0 Å². The minimum Gasteiger partial charge on any atom is -0.491 e. The van der Waals surface area contributed by atoms with Crippen LogP contribution in [-0.2, 0) is 9.59 Å². The van der Waals surface area contributed by atoms with Crippen LogP contribution in [0.4, 0.5) is 10.5 Å². The van der Waals surface area contributed by atoms with E-state index in [0.717, 1.165) is 16.7 Å². The van der Waals surface area contributed by atoms with Gasteiger partial charge in [0.25, 0.3) is 11.1 Å². The Morgan fingerprint density at radius 3 is 2.61 bits per heavy atom. The number of nitrogens with one attached hydrogen (secondary N) is 1. The number of benzene rings is 2. The summed E-state index contributed by atoms with van der Waals surface area (Å²) in [5.41, 5.74) is 0.952. The maximum Gasteiger partial charge on any atom is 0.294 e. The molecule has 1 aliphatic rings. The molecule has 2 aromatic carbocycles. The van der Waals surface area contributed by atoms with Crippen LogP contribution in [0.2, 0.25) is 10.0 Å². The minimum atomic E-state index is -0.575. The summed E-state index contributed by atoms with van der Waals surface area (Å²) in [5.74, 6) is -0.316. The third kappa shape index (κ3) is 5.33. The standard InChI is InChI=1S/C21H18Cl2N2O5S/c1-3-30-16-9-12(8-14(23)19(16)29-2)10-17-20(27)25(21(28)31-17)11-18(26)24-15-7-5-4-6-13(15)22/h4-10H,3,11H2,1-2H3,(H,24,26)/b17-10+. The van der Waals surface area contributed by atoms with Gasteiger partial charge in [0, 0.05) is 0 Å². The molecule has 1 N–H and O–H groups in total. The molecule has 3 rings (SSSR count). The van der Waals surface area contributed by atoms with Crippen LogP contribution in [0.1, 0.15) is 12.5 Å². The molecule has 1 saturated heterocycles. The predicted octanol–water partition coefficient (Wildman–Crippen LogP) is 5.08. The first kappa shape index (κ1) is 23.0. The number of methoxy groups -OCH3 is 1. The van der Waals surface area contributed by atoms with Crippen LogP contribution in [-0.4, -0.2) is 42.2 Å². The number of rotatable bonds is 7. The highest BCUT2D eigenvalue weighted by Crippen LogP contribution is 2.38. The van der Waals surface area contributed by atoms with Crippen LogP contribution < -0.4 is 14.8 Å². The summed E-state index contributed by atoms with van der Waals surface area (Å²) in [6.45, 7) is 1.78. The van der Waals surface area contributed by atoms with Gasteiger partial charge in [0.15, 0.2) is 11.5 Å². The molecule has 0 aliphatic carbocycles. The van der Waals surface area contributed by atoms with Crippen LogP contribution in [0, 0.1) is 0 Å². The zero-order valence-electron chi connectivity index (χ0n) is 16.6. The zero-order chi connectivity index (χ0) is 22.5. The quantitative estimate of drug-likeness (QED) is 0.556. The van der Waals surface area contributed by atoms with E-state index < -0.39 is 23.6 Å². The van der Waals surface area contributed by atoms with E-state index in [1.807, 2.05) is 6.92 Å². The number of hydrogen-bond donors (Lipinski definition) is 1. The van der Waals surface area contributed by atoms with Crippen LogP contribution in [0.25, 0.3) is 6.08 Å². The van der Waals surface area contributed by atoms with Gasteiger partial charge in [0.1, 0.15) is 6.54 Å². The highest BCUT2D eigenvalue weighted by atomic mass is 35.5. The molecular formula is C21H18Cl2N2O5S. The van der Waals surface area contributed by atoms with Gasteiger partial charge in [-0.2, -0.15) is 0 Å². The molecule has 3 amide bonds. The van der Waals surface area contributed by atoms with Crippen molar-refractivity contribution in [3.05, 3.63) is 56.9 Å². The first-order chi connectivity index (χ1) is 14.8. The molecule has 1 aliphatic heterocycles. The smallest absolute Gasteiger partial charge is 0.294 e. The second-order valence-electron chi connectivity index (χ2n) is 6.26. The van der Waals surface area contributed by atoms with Crippen molar-refractivity contribution in [3.8, 4) is 11.5 Å². The Kier molecular flexibility index (Phi) is 7.48. The second kappa shape index (κ2) is 10.1. The van der Waals surface area contributed by atoms with E-state index >= 15 is 0 Å². The lowest BCUT2D eigenvalue weighted by molar-refractivity contribution is -0.127. The Morgan fingerprint density at radius 1 is 1.19 bits per heavy atom. The number of carbonyl (C=O) groups excluding carboxylic acids is 3. The van der Waals surface area contributed by atoms with Gasteiger partial charge in [-0.3, -0.25) is 19.3 Å². The van der Waals surface area contributed by atoms with Crippen molar-refractivity contribution in [2.45, 2.75) is 6.92 Å². The molecule has 1 heterocycles. The maximum absolute atomic E-state index is 12.7. The van der Waals surface area contributed by atoms with Gasteiger partial charge in [0.2, 0.25) is 5.91 Å². The fourth-order valence-corrected chi connectivity index (χ4v) is 4.13. The zero-order valence-corrected chi connectivity index (χ0v) is 18.9. The van der Waals surface area contributed by atoms with Crippen molar-refractivity contribution < 1.29 is 23.9 Å². The van der Waals surface area contributed by atoms with Crippen LogP contribution in [0.5, 0.6) is 11.5 Å². The first-order valence-electron chi connectivity index (χ1n) is 9.14. The summed E-state index contributed by atoms with van der Waals surface area (Å²) in [6, 6.07) is 9.93. The number of nitrogens with zero attached hydrogens (tertiary/aromatic N) is 1. The first-order valence-corrected chi connectivity index (χ1v) is 10.7. The lowest BCUT2D eigenvalue weighted by Gasteiger charge is -2.13. The molecule has 0 spiro atoms. The molecule has 7 nitrogen and oxygen atoms in total. The number of amides is 3. The fraction of sp³-hybridized carbons (Fsp3) is 0.190. The summed E-state index contributed by atoms with van der Waals surface area (Å²) < 4.78 is 10.8. The summed E-state index contributed by atoms with van der Waals surface area (Å²) in [4.78, 5) is 38.4. The Morgan fingerprint density at radius 2 is 1.94 bits per heavy atom. The Bertz CT molecular complexity index is 1070. The number of anilines is 1. The van der Waals surface area contributed by atoms with Gasteiger partial charge in [-0.1, -0.05) is 35.3 Å². The van der Waals surface area contributed by atoms with Gasteiger partial charge in [-0.25, -0.2) is 0 Å². The second-order valence-corrected chi connectivity index (χ2v) is 8.07. The number of imide groups is 1. The summed E-state index contributed by atoms with van der Waals surface area (Å²) >= 11 is 13.0. The summed E-state index contributed by atoms with van der Waals surface area (Å²) in [6.07, 6.45) is 1.52. The van der Waals surface area contributed by atoms with E-state index in [-0.39, 0.29) is 4.91 Å². The van der Waals surface area contributed by atoms with Crippen LogP contribution >= 0.6 is 35.0 Å². The number of ether oxygens (including phenoxy) is 2. The van der Waals surface area contributed by atoms with Gasteiger partial charge in [-0.15, -0.1) is 0 Å². The molecule has 0 bridgehead atoms. The van der Waals surface area contributed by atoms with Crippen molar-refractivity contribution in [1.82, 2.24) is 4.90 Å². The van der Waals surface area contributed by atoms with Gasteiger partial charge in [0.05, 0.1) is 34.4 Å². The molecule has 2 aromatic rings. The molecule has 0 saturated carbocycles. The van der Waals surface area contributed by atoms with Crippen molar-refractivity contribution >= 4 is 63.8 Å². The molecule has 0 unspecified atom stereocenters. The summed E-state index contributed by atoms with van der Waals surface area (Å²) in [7, 11) is 1.47. The van der Waals surface area contributed by atoms with E-state index in [2.05, 4.69) is 5.32 Å². The van der Waals surface area contributed by atoms with E-state index in [1.54, 1.807) is 36.4 Å². The minimum absolute atomic E-state index is 0.166. The van der Waals surface area contributed by atoms with Crippen molar-refractivity contribution in [2.24, 2.45) is 0 Å². The van der Waals surface area contributed by atoms with Gasteiger partial charge >= 0.3 is 0 Å².